The third kappa shape index (κ3) is 2.71. The number of hydrogen-bond donors (Lipinski definition) is 2. The van der Waals surface area contributed by atoms with Crippen molar-refractivity contribution in [1.29, 1.82) is 0 Å². The lowest BCUT2D eigenvalue weighted by molar-refractivity contribution is 0.515. The van der Waals surface area contributed by atoms with Gasteiger partial charge in [-0.15, -0.1) is 0 Å². The van der Waals surface area contributed by atoms with Crippen LogP contribution in [0.1, 0.15) is 32.1 Å². The van der Waals surface area contributed by atoms with E-state index >= 15 is 0 Å². The molecule has 1 aromatic heterocycles. The lowest BCUT2D eigenvalue weighted by atomic mass is 10.0. The van der Waals surface area contributed by atoms with E-state index in [4.69, 9.17) is 0 Å². The molecule has 0 spiro atoms. The number of nitrogens with zero attached hydrogens (tertiary/aromatic N) is 1. The molecule has 0 bridgehead atoms. The number of aromatic amines is 2. The molecule has 0 atom stereocenters. The minimum absolute atomic E-state index is 0.376. The molecule has 5 nitrogen and oxygen atoms in total. The highest BCUT2D eigenvalue weighted by Gasteiger charge is 2.17. The molecular weight excluding hydrogens is 214 g/mol. The summed E-state index contributed by atoms with van der Waals surface area (Å²) in [5.74, 6) is 0. The molecule has 1 aliphatic carbocycles. The first kappa shape index (κ1) is 10.5. The van der Waals surface area contributed by atoms with Crippen molar-refractivity contribution in [3.05, 3.63) is 20.8 Å². The van der Waals surface area contributed by atoms with E-state index in [1.54, 1.807) is 0 Å². The van der Waals surface area contributed by atoms with Crippen LogP contribution in [0.5, 0.6) is 0 Å². The van der Waals surface area contributed by atoms with Crippen LogP contribution in [0.15, 0.2) is 14.6 Å². The van der Waals surface area contributed by atoms with Gasteiger partial charge >= 0.3 is 5.69 Å². The number of rotatable bonds is 2. The Kier molecular flexibility index (Phi) is 3.25. The molecule has 0 aromatic carbocycles. The van der Waals surface area contributed by atoms with Gasteiger partial charge in [0.25, 0.3) is 5.56 Å². The van der Waals surface area contributed by atoms with Crippen LogP contribution in [0.4, 0.5) is 0 Å². The molecule has 0 aliphatic heterocycles. The van der Waals surface area contributed by atoms with Crippen LogP contribution in [-0.2, 0) is 0 Å². The van der Waals surface area contributed by atoms with Gasteiger partial charge in [0.15, 0.2) is 5.03 Å². The van der Waals surface area contributed by atoms with Gasteiger partial charge in [-0.3, -0.25) is 9.78 Å². The summed E-state index contributed by atoms with van der Waals surface area (Å²) in [6.45, 7) is 0. The Morgan fingerprint density at radius 3 is 2.60 bits per heavy atom. The maximum absolute atomic E-state index is 11.4. The van der Waals surface area contributed by atoms with Crippen molar-refractivity contribution in [3.63, 3.8) is 0 Å². The number of H-pyrrole nitrogens is 2. The van der Waals surface area contributed by atoms with Gasteiger partial charge in [-0.05, 0) is 12.8 Å². The molecule has 0 radical (unpaired) electrons. The quantitative estimate of drug-likeness (QED) is 0.786. The Balaban J connectivity index is 2.09. The lowest BCUT2D eigenvalue weighted by Gasteiger charge is -2.19. The fourth-order valence-electron chi connectivity index (χ4n) is 1.76. The van der Waals surface area contributed by atoms with Crippen molar-refractivity contribution < 1.29 is 0 Å². The van der Waals surface area contributed by atoms with Gasteiger partial charge in [-0.25, -0.2) is 9.89 Å². The van der Waals surface area contributed by atoms with E-state index in [1.165, 1.54) is 31.0 Å². The average molecular weight is 227 g/mol. The molecule has 1 aliphatic rings. The Morgan fingerprint density at radius 1 is 1.20 bits per heavy atom. The summed E-state index contributed by atoms with van der Waals surface area (Å²) in [5.41, 5.74) is -0.928. The molecule has 1 heterocycles. The molecule has 2 rings (SSSR count). The van der Waals surface area contributed by atoms with E-state index in [0.29, 0.717) is 10.3 Å². The smallest absolute Gasteiger partial charge is 0.271 e. The monoisotopic (exact) mass is 227 g/mol. The maximum Gasteiger partial charge on any atom is 0.342 e. The SMILES string of the molecule is O=c1[nH]nc(SC2CCCCC2)c(=O)[nH]1. The highest BCUT2D eigenvalue weighted by atomic mass is 32.2. The standard InChI is InChI=1S/C9H13N3O2S/c13-7-8(11-12-9(14)10-7)15-6-4-2-1-3-5-6/h6H,1-5H2,(H2,10,12,13,14). The van der Waals surface area contributed by atoms with E-state index in [-0.39, 0.29) is 5.56 Å². The summed E-state index contributed by atoms with van der Waals surface area (Å²) in [6, 6.07) is 0. The Hall–Kier alpha value is -1.04. The van der Waals surface area contributed by atoms with E-state index in [1.807, 2.05) is 0 Å². The van der Waals surface area contributed by atoms with Gasteiger partial charge in [0.05, 0.1) is 0 Å². The first-order chi connectivity index (χ1) is 7.25. The predicted molar refractivity (Wildman–Crippen MR) is 58.2 cm³/mol. The van der Waals surface area contributed by atoms with Crippen LogP contribution < -0.4 is 11.2 Å². The molecule has 0 amide bonds. The average Bonchev–Trinajstić information content (AvgIpc) is 2.24. The summed E-state index contributed by atoms with van der Waals surface area (Å²) in [7, 11) is 0. The second-order valence-electron chi connectivity index (χ2n) is 3.69. The third-order valence-electron chi connectivity index (χ3n) is 2.51. The zero-order chi connectivity index (χ0) is 10.7. The Morgan fingerprint density at radius 2 is 1.93 bits per heavy atom. The zero-order valence-electron chi connectivity index (χ0n) is 8.28. The van der Waals surface area contributed by atoms with Crippen molar-refractivity contribution in [2.24, 2.45) is 0 Å². The normalized spacial score (nSPS) is 17.9. The number of aromatic nitrogens is 3. The molecule has 1 aromatic rings. The summed E-state index contributed by atoms with van der Waals surface area (Å²) in [6.07, 6.45) is 5.99. The van der Waals surface area contributed by atoms with Crippen molar-refractivity contribution in [1.82, 2.24) is 15.2 Å². The second-order valence-corrected chi connectivity index (χ2v) is 4.98. The summed E-state index contributed by atoms with van der Waals surface area (Å²) in [5, 5.41) is 6.85. The van der Waals surface area contributed by atoms with Gasteiger partial charge < -0.3 is 0 Å². The zero-order valence-corrected chi connectivity index (χ0v) is 9.10. The van der Waals surface area contributed by atoms with E-state index in [2.05, 4.69) is 15.2 Å². The largest absolute Gasteiger partial charge is 0.342 e. The Labute approximate surface area is 90.7 Å². The van der Waals surface area contributed by atoms with Crippen LogP contribution in [0.2, 0.25) is 0 Å². The molecule has 15 heavy (non-hydrogen) atoms. The first-order valence-electron chi connectivity index (χ1n) is 5.11. The minimum Gasteiger partial charge on any atom is -0.271 e. The van der Waals surface area contributed by atoms with Gasteiger partial charge in [-0.2, -0.15) is 5.10 Å². The summed E-state index contributed by atoms with van der Waals surface area (Å²) in [4.78, 5) is 24.3. The van der Waals surface area contributed by atoms with Crippen molar-refractivity contribution >= 4 is 11.8 Å². The van der Waals surface area contributed by atoms with E-state index in [0.717, 1.165) is 12.8 Å². The molecular formula is C9H13N3O2S. The van der Waals surface area contributed by atoms with Crippen LogP contribution in [0, 0.1) is 0 Å². The molecule has 1 fully saturated rings. The van der Waals surface area contributed by atoms with Crippen LogP contribution in [0.3, 0.4) is 0 Å². The van der Waals surface area contributed by atoms with E-state index in [9.17, 15) is 9.59 Å². The first-order valence-corrected chi connectivity index (χ1v) is 5.99. The summed E-state index contributed by atoms with van der Waals surface area (Å²) < 4.78 is 0. The van der Waals surface area contributed by atoms with Crippen molar-refractivity contribution in [2.45, 2.75) is 42.4 Å². The molecule has 1 saturated carbocycles. The molecule has 2 N–H and O–H groups in total. The third-order valence-corrected chi connectivity index (χ3v) is 3.82. The topological polar surface area (TPSA) is 78.6 Å². The van der Waals surface area contributed by atoms with Crippen LogP contribution >= 0.6 is 11.8 Å². The second kappa shape index (κ2) is 4.65. The minimum atomic E-state index is -0.548. The lowest BCUT2D eigenvalue weighted by Crippen LogP contribution is -2.26. The van der Waals surface area contributed by atoms with Crippen LogP contribution in [-0.4, -0.2) is 20.4 Å². The highest BCUT2D eigenvalue weighted by molar-refractivity contribution is 7.99. The summed E-state index contributed by atoms with van der Waals surface area (Å²) >= 11 is 1.47. The Bertz CT molecular complexity index is 433. The van der Waals surface area contributed by atoms with Crippen LogP contribution in [0.25, 0.3) is 0 Å². The van der Waals surface area contributed by atoms with Crippen molar-refractivity contribution in [3.8, 4) is 0 Å². The molecule has 82 valence electrons. The fraction of sp³-hybridized carbons (Fsp3) is 0.667. The number of hydrogen-bond acceptors (Lipinski definition) is 4. The molecule has 6 heteroatoms. The number of nitrogens with one attached hydrogen (secondary N) is 2. The predicted octanol–water partition coefficient (Wildman–Crippen LogP) is 0.883. The molecule has 0 saturated heterocycles. The van der Waals surface area contributed by atoms with Crippen molar-refractivity contribution in [2.75, 3.05) is 0 Å². The van der Waals surface area contributed by atoms with E-state index < -0.39 is 5.69 Å². The van der Waals surface area contributed by atoms with Gasteiger partial charge in [0, 0.05) is 5.25 Å². The van der Waals surface area contributed by atoms with Gasteiger partial charge in [0.1, 0.15) is 0 Å². The molecule has 0 unspecified atom stereocenters. The van der Waals surface area contributed by atoms with Gasteiger partial charge in [0.2, 0.25) is 0 Å². The fourth-order valence-corrected chi connectivity index (χ4v) is 2.90. The highest BCUT2D eigenvalue weighted by Crippen LogP contribution is 2.30. The van der Waals surface area contributed by atoms with Gasteiger partial charge in [-0.1, -0.05) is 31.0 Å². The maximum atomic E-state index is 11.4. The number of thioether (sulfide) groups is 1.